The van der Waals surface area contributed by atoms with Crippen LogP contribution in [0.3, 0.4) is 0 Å². The second kappa shape index (κ2) is 9.18. The Labute approximate surface area is 175 Å². The third-order valence-electron chi connectivity index (χ3n) is 5.03. The number of nitrogens with zero attached hydrogens (tertiary/aromatic N) is 3. The largest absolute Gasteiger partial charge is 0.497 e. The van der Waals surface area contributed by atoms with Crippen molar-refractivity contribution in [3.05, 3.63) is 101 Å². The van der Waals surface area contributed by atoms with Crippen LogP contribution in [-0.4, -0.2) is 21.9 Å². The Morgan fingerprint density at radius 3 is 2.33 bits per heavy atom. The number of methoxy groups -OCH3 is 1. The van der Waals surface area contributed by atoms with E-state index >= 15 is 0 Å². The van der Waals surface area contributed by atoms with E-state index in [2.05, 4.69) is 17.1 Å². The van der Waals surface area contributed by atoms with E-state index < -0.39 is 0 Å². The quantitative estimate of drug-likeness (QED) is 0.457. The van der Waals surface area contributed by atoms with Crippen molar-refractivity contribution in [2.75, 3.05) is 7.11 Å². The van der Waals surface area contributed by atoms with E-state index in [1.165, 1.54) is 5.56 Å². The standard InChI is InChI=1S/C25H23N3O2/c1-30-22-11-9-21(10-12-22)25-23(20-13-15-26-16-14-20)18-24(29)28(27-25)17-5-8-19-6-3-2-4-7-19/h2-4,6-7,9-16,18H,5,8,17H2,1H3. The van der Waals surface area contributed by atoms with Gasteiger partial charge in [0.15, 0.2) is 0 Å². The zero-order chi connectivity index (χ0) is 20.8. The Kier molecular flexibility index (Phi) is 5.99. The predicted octanol–water partition coefficient (Wildman–Crippen LogP) is 4.61. The summed E-state index contributed by atoms with van der Waals surface area (Å²) in [7, 11) is 1.64. The molecule has 5 nitrogen and oxygen atoms in total. The van der Waals surface area contributed by atoms with Gasteiger partial charge in [-0.15, -0.1) is 0 Å². The lowest BCUT2D eigenvalue weighted by Crippen LogP contribution is -2.23. The summed E-state index contributed by atoms with van der Waals surface area (Å²) in [4.78, 5) is 16.9. The van der Waals surface area contributed by atoms with Crippen LogP contribution in [0.1, 0.15) is 12.0 Å². The summed E-state index contributed by atoms with van der Waals surface area (Å²) >= 11 is 0. The van der Waals surface area contributed by atoms with Gasteiger partial charge >= 0.3 is 0 Å². The van der Waals surface area contributed by atoms with E-state index in [4.69, 9.17) is 9.84 Å². The fourth-order valence-electron chi connectivity index (χ4n) is 3.44. The van der Waals surface area contributed by atoms with Crippen LogP contribution in [0.25, 0.3) is 22.4 Å². The molecule has 0 aliphatic carbocycles. The van der Waals surface area contributed by atoms with Crippen molar-refractivity contribution in [2.45, 2.75) is 19.4 Å². The van der Waals surface area contributed by atoms with Crippen molar-refractivity contribution in [1.29, 1.82) is 0 Å². The number of pyridine rings is 1. The van der Waals surface area contributed by atoms with Crippen molar-refractivity contribution < 1.29 is 4.74 Å². The van der Waals surface area contributed by atoms with Crippen molar-refractivity contribution >= 4 is 0 Å². The average molecular weight is 397 g/mol. The molecule has 0 spiro atoms. The highest BCUT2D eigenvalue weighted by Crippen LogP contribution is 2.30. The molecule has 4 aromatic rings. The van der Waals surface area contributed by atoms with Crippen LogP contribution in [0.5, 0.6) is 5.75 Å². The molecule has 0 N–H and O–H groups in total. The summed E-state index contributed by atoms with van der Waals surface area (Å²) in [5.41, 5.74) is 4.56. The molecular formula is C25H23N3O2. The fourth-order valence-corrected chi connectivity index (χ4v) is 3.44. The Balaban J connectivity index is 1.69. The van der Waals surface area contributed by atoms with Crippen LogP contribution < -0.4 is 10.3 Å². The van der Waals surface area contributed by atoms with Gasteiger partial charge in [0.05, 0.1) is 12.8 Å². The van der Waals surface area contributed by atoms with Crippen LogP contribution in [0.4, 0.5) is 0 Å². The molecule has 0 saturated carbocycles. The van der Waals surface area contributed by atoms with Gasteiger partial charge in [0, 0.05) is 36.1 Å². The van der Waals surface area contributed by atoms with E-state index in [-0.39, 0.29) is 5.56 Å². The van der Waals surface area contributed by atoms with E-state index in [0.717, 1.165) is 41.0 Å². The van der Waals surface area contributed by atoms with Gasteiger partial charge in [-0.05, 0) is 60.4 Å². The lowest BCUT2D eigenvalue weighted by atomic mass is 10.0. The van der Waals surface area contributed by atoms with Crippen molar-refractivity contribution in [1.82, 2.24) is 14.8 Å². The first-order valence-electron chi connectivity index (χ1n) is 9.95. The number of hydrogen-bond acceptors (Lipinski definition) is 4. The van der Waals surface area contributed by atoms with Gasteiger partial charge in [-0.2, -0.15) is 5.10 Å². The van der Waals surface area contributed by atoms with Crippen molar-refractivity contribution in [3.63, 3.8) is 0 Å². The number of aromatic nitrogens is 3. The highest BCUT2D eigenvalue weighted by Gasteiger charge is 2.13. The Morgan fingerprint density at radius 1 is 0.900 bits per heavy atom. The van der Waals surface area contributed by atoms with E-state index in [1.54, 1.807) is 30.3 Å². The van der Waals surface area contributed by atoms with Gasteiger partial charge in [0.25, 0.3) is 5.56 Å². The third-order valence-corrected chi connectivity index (χ3v) is 5.03. The minimum absolute atomic E-state index is 0.105. The maximum atomic E-state index is 12.8. The monoisotopic (exact) mass is 397 g/mol. The molecule has 0 radical (unpaired) electrons. The van der Waals surface area contributed by atoms with E-state index in [1.807, 2.05) is 54.6 Å². The van der Waals surface area contributed by atoms with E-state index in [9.17, 15) is 4.79 Å². The third kappa shape index (κ3) is 4.46. The molecule has 0 aliphatic rings. The molecule has 2 aromatic heterocycles. The number of hydrogen-bond donors (Lipinski definition) is 0. The minimum atomic E-state index is -0.105. The molecule has 5 heteroatoms. The predicted molar refractivity (Wildman–Crippen MR) is 118 cm³/mol. The van der Waals surface area contributed by atoms with Gasteiger partial charge < -0.3 is 4.74 Å². The van der Waals surface area contributed by atoms with Gasteiger partial charge in [-0.1, -0.05) is 30.3 Å². The molecule has 2 aromatic carbocycles. The van der Waals surface area contributed by atoms with Crippen molar-refractivity contribution in [2.24, 2.45) is 0 Å². The number of aryl methyl sites for hydroxylation is 2. The van der Waals surface area contributed by atoms with Crippen LogP contribution in [0.2, 0.25) is 0 Å². The second-order valence-corrected chi connectivity index (χ2v) is 7.02. The molecule has 0 saturated heterocycles. The van der Waals surface area contributed by atoms with Crippen LogP contribution in [0.15, 0.2) is 90.0 Å². The first kappa shape index (κ1) is 19.6. The summed E-state index contributed by atoms with van der Waals surface area (Å²) in [6, 6.07) is 23.5. The van der Waals surface area contributed by atoms with E-state index in [0.29, 0.717) is 6.54 Å². The SMILES string of the molecule is COc1ccc(-c2nn(CCCc3ccccc3)c(=O)cc2-c2ccncc2)cc1. The molecule has 0 amide bonds. The molecule has 0 unspecified atom stereocenters. The topological polar surface area (TPSA) is 57.0 Å². The lowest BCUT2D eigenvalue weighted by Gasteiger charge is -2.13. The van der Waals surface area contributed by atoms with Crippen LogP contribution >= 0.6 is 0 Å². The summed E-state index contributed by atoms with van der Waals surface area (Å²) in [5, 5.41) is 4.75. The summed E-state index contributed by atoms with van der Waals surface area (Å²) in [6.07, 6.45) is 5.18. The summed E-state index contributed by atoms with van der Waals surface area (Å²) in [5.74, 6) is 0.778. The average Bonchev–Trinajstić information content (AvgIpc) is 2.81. The van der Waals surface area contributed by atoms with Gasteiger partial charge in [-0.25, -0.2) is 4.68 Å². The molecular weight excluding hydrogens is 374 g/mol. The molecule has 2 heterocycles. The smallest absolute Gasteiger partial charge is 0.267 e. The van der Waals surface area contributed by atoms with Crippen molar-refractivity contribution in [3.8, 4) is 28.1 Å². The maximum absolute atomic E-state index is 12.8. The summed E-state index contributed by atoms with van der Waals surface area (Å²) in [6.45, 7) is 0.563. The lowest BCUT2D eigenvalue weighted by molar-refractivity contribution is 0.415. The van der Waals surface area contributed by atoms with Crippen LogP contribution in [0, 0.1) is 0 Å². The first-order chi connectivity index (χ1) is 14.7. The molecule has 0 aliphatic heterocycles. The highest BCUT2D eigenvalue weighted by molar-refractivity contribution is 5.80. The molecule has 150 valence electrons. The van der Waals surface area contributed by atoms with Crippen LogP contribution in [-0.2, 0) is 13.0 Å². The molecule has 4 rings (SSSR count). The number of ether oxygens (including phenoxy) is 1. The minimum Gasteiger partial charge on any atom is -0.497 e. The first-order valence-corrected chi connectivity index (χ1v) is 9.95. The zero-order valence-electron chi connectivity index (χ0n) is 16.9. The fraction of sp³-hybridized carbons (Fsp3) is 0.160. The Bertz CT molecular complexity index is 1150. The maximum Gasteiger partial charge on any atom is 0.267 e. The molecule has 30 heavy (non-hydrogen) atoms. The molecule has 0 atom stereocenters. The number of benzene rings is 2. The van der Waals surface area contributed by atoms with Gasteiger partial charge in [0.2, 0.25) is 0 Å². The molecule has 0 bridgehead atoms. The second-order valence-electron chi connectivity index (χ2n) is 7.02. The normalized spacial score (nSPS) is 10.7. The zero-order valence-corrected chi connectivity index (χ0v) is 16.9. The highest BCUT2D eigenvalue weighted by atomic mass is 16.5. The molecule has 0 fully saturated rings. The Morgan fingerprint density at radius 2 is 1.63 bits per heavy atom. The number of rotatable bonds is 7. The van der Waals surface area contributed by atoms with Gasteiger partial charge in [0.1, 0.15) is 5.75 Å². The van der Waals surface area contributed by atoms with Gasteiger partial charge in [-0.3, -0.25) is 9.78 Å². The summed E-state index contributed by atoms with van der Waals surface area (Å²) < 4.78 is 6.84. The Hall–Kier alpha value is -3.73.